The van der Waals surface area contributed by atoms with E-state index in [0.717, 1.165) is 5.56 Å². The van der Waals surface area contributed by atoms with E-state index in [1.165, 1.54) is 15.6 Å². The Balaban J connectivity index is 1.81. The van der Waals surface area contributed by atoms with Crippen molar-refractivity contribution < 1.29 is 17.9 Å². The summed E-state index contributed by atoms with van der Waals surface area (Å²) in [7, 11) is -1.92. The zero-order valence-electron chi connectivity index (χ0n) is 14.3. The molecule has 0 saturated carbocycles. The third-order valence-corrected chi connectivity index (χ3v) is 7.78. The number of hydrogen-bond donors (Lipinski definition) is 0. The molecule has 0 aliphatic carbocycles. The minimum atomic E-state index is -3.51. The molecule has 7 heteroatoms. The van der Waals surface area contributed by atoms with Crippen molar-refractivity contribution >= 4 is 27.1 Å². The highest BCUT2D eigenvalue weighted by molar-refractivity contribution is 7.91. The van der Waals surface area contributed by atoms with Gasteiger partial charge in [-0.2, -0.15) is 4.31 Å². The summed E-state index contributed by atoms with van der Waals surface area (Å²) in [6.07, 6.45) is 1.40. The molecule has 3 rings (SSSR count). The van der Waals surface area contributed by atoms with Gasteiger partial charge in [-0.15, -0.1) is 11.3 Å². The number of rotatable bonds is 5. The van der Waals surface area contributed by atoms with E-state index < -0.39 is 10.0 Å². The molecule has 25 heavy (non-hydrogen) atoms. The van der Waals surface area contributed by atoms with Crippen molar-refractivity contribution in [3.8, 4) is 5.75 Å². The quantitative estimate of drug-likeness (QED) is 0.748. The molecule has 0 amide bonds. The van der Waals surface area contributed by atoms with Crippen molar-refractivity contribution in [2.45, 2.75) is 24.0 Å². The molecule has 2 aromatic rings. The maximum absolute atomic E-state index is 12.9. The Kier molecular flexibility index (Phi) is 5.27. The molecule has 1 aliphatic heterocycles. The molecule has 134 valence electrons. The monoisotopic (exact) mass is 379 g/mol. The largest absolute Gasteiger partial charge is 0.497 e. The third kappa shape index (κ3) is 3.63. The van der Waals surface area contributed by atoms with Crippen LogP contribution in [0.5, 0.6) is 5.75 Å². The third-order valence-electron chi connectivity index (χ3n) is 4.54. The number of methoxy groups -OCH3 is 1. The van der Waals surface area contributed by atoms with Crippen molar-refractivity contribution in [2.24, 2.45) is 5.92 Å². The van der Waals surface area contributed by atoms with Crippen LogP contribution in [0.3, 0.4) is 0 Å². The van der Waals surface area contributed by atoms with Crippen LogP contribution in [0.2, 0.25) is 0 Å². The van der Waals surface area contributed by atoms with Crippen molar-refractivity contribution in [1.82, 2.24) is 4.31 Å². The first-order chi connectivity index (χ1) is 11.9. The number of ether oxygens (including phenoxy) is 1. The van der Waals surface area contributed by atoms with E-state index in [-0.39, 0.29) is 18.2 Å². The van der Waals surface area contributed by atoms with Gasteiger partial charge in [0, 0.05) is 24.6 Å². The van der Waals surface area contributed by atoms with E-state index in [1.807, 2.05) is 13.0 Å². The molecular weight excluding hydrogens is 358 g/mol. The van der Waals surface area contributed by atoms with E-state index >= 15 is 0 Å². The van der Waals surface area contributed by atoms with Gasteiger partial charge in [0.05, 0.1) is 7.11 Å². The summed E-state index contributed by atoms with van der Waals surface area (Å²) in [6, 6.07) is 8.70. The summed E-state index contributed by atoms with van der Waals surface area (Å²) in [5.74, 6) is 0.404. The van der Waals surface area contributed by atoms with E-state index in [9.17, 15) is 13.2 Å². The number of nitrogens with zero attached hydrogens (tertiary/aromatic N) is 1. The van der Waals surface area contributed by atoms with Crippen LogP contribution in [0.15, 0.2) is 39.9 Å². The Morgan fingerprint density at radius 2 is 2.12 bits per heavy atom. The first-order valence-corrected chi connectivity index (χ1v) is 10.5. The summed E-state index contributed by atoms with van der Waals surface area (Å²) in [5, 5.41) is 1.75. The first kappa shape index (κ1) is 18.1. The van der Waals surface area contributed by atoms with Crippen LogP contribution in [0.1, 0.15) is 28.8 Å². The molecule has 5 nitrogen and oxygen atoms in total. The minimum Gasteiger partial charge on any atom is -0.497 e. The molecule has 1 aliphatic rings. The highest BCUT2D eigenvalue weighted by Gasteiger charge is 2.34. The van der Waals surface area contributed by atoms with Gasteiger partial charge >= 0.3 is 0 Å². The Hall–Kier alpha value is -1.70. The summed E-state index contributed by atoms with van der Waals surface area (Å²) in [6.45, 7) is 2.58. The number of carbonyl (C=O) groups excluding carboxylic acids is 1. The molecule has 1 aromatic carbocycles. The van der Waals surface area contributed by atoms with Gasteiger partial charge in [-0.05, 0) is 55.0 Å². The van der Waals surface area contributed by atoms with Crippen LogP contribution >= 0.6 is 11.3 Å². The van der Waals surface area contributed by atoms with Crippen LogP contribution in [0.4, 0.5) is 0 Å². The van der Waals surface area contributed by atoms with E-state index in [1.54, 1.807) is 36.8 Å². The summed E-state index contributed by atoms with van der Waals surface area (Å²) < 4.78 is 32.4. The fourth-order valence-electron chi connectivity index (χ4n) is 3.17. The Morgan fingerprint density at radius 3 is 2.76 bits per heavy atom. The molecule has 0 unspecified atom stereocenters. The lowest BCUT2D eigenvalue weighted by molar-refractivity contribution is 0.0872. The number of thiophene rings is 1. The van der Waals surface area contributed by atoms with Crippen LogP contribution < -0.4 is 4.74 Å². The number of benzene rings is 1. The van der Waals surface area contributed by atoms with E-state index in [4.69, 9.17) is 4.74 Å². The maximum atomic E-state index is 12.9. The smallest absolute Gasteiger partial charge is 0.252 e. The molecule has 1 fully saturated rings. The summed E-state index contributed by atoms with van der Waals surface area (Å²) >= 11 is 1.21. The van der Waals surface area contributed by atoms with Gasteiger partial charge < -0.3 is 4.74 Å². The second-order valence-corrected chi connectivity index (χ2v) is 9.29. The predicted octanol–water partition coefficient (Wildman–Crippen LogP) is 3.35. The molecule has 2 heterocycles. The van der Waals surface area contributed by atoms with Gasteiger partial charge in [0.2, 0.25) is 0 Å². The lowest BCUT2D eigenvalue weighted by atomic mass is 9.89. The second-order valence-electron chi connectivity index (χ2n) is 6.18. The van der Waals surface area contributed by atoms with Crippen LogP contribution in [-0.2, 0) is 10.0 Å². The van der Waals surface area contributed by atoms with Gasteiger partial charge in [0.15, 0.2) is 5.78 Å². The Morgan fingerprint density at radius 1 is 1.32 bits per heavy atom. The van der Waals surface area contributed by atoms with Gasteiger partial charge in [-0.3, -0.25) is 4.79 Å². The fraction of sp³-hybridized carbons (Fsp3) is 0.389. The van der Waals surface area contributed by atoms with Gasteiger partial charge in [-0.1, -0.05) is 6.07 Å². The standard InChI is InChI=1S/C18H21NO4S2/c1-13-11-15(23-2)7-8-16(13)18(20)14-5-3-9-19(12-14)25(21,22)17-6-4-10-24-17/h4,6-8,10-11,14H,3,5,9,12H2,1-2H3/t14-/m1/s1. The summed E-state index contributed by atoms with van der Waals surface area (Å²) in [5.41, 5.74) is 1.49. The van der Waals surface area contributed by atoms with Crippen LogP contribution in [0, 0.1) is 12.8 Å². The lowest BCUT2D eigenvalue weighted by Crippen LogP contribution is -2.42. The van der Waals surface area contributed by atoms with Gasteiger partial charge in [-0.25, -0.2) is 8.42 Å². The van der Waals surface area contributed by atoms with E-state index in [0.29, 0.717) is 34.9 Å². The first-order valence-electron chi connectivity index (χ1n) is 8.16. The molecular formula is C18H21NO4S2. The fourth-order valence-corrected chi connectivity index (χ4v) is 5.84. The predicted molar refractivity (Wildman–Crippen MR) is 97.9 cm³/mol. The SMILES string of the molecule is COc1ccc(C(=O)[C@@H]2CCCN(S(=O)(=O)c3cccs3)C2)c(C)c1. The maximum Gasteiger partial charge on any atom is 0.252 e. The highest BCUT2D eigenvalue weighted by Crippen LogP contribution is 2.29. The minimum absolute atomic E-state index is 0.00577. The second kappa shape index (κ2) is 7.27. The molecule has 1 atom stereocenters. The Bertz CT molecular complexity index is 859. The van der Waals surface area contributed by atoms with Gasteiger partial charge in [0.1, 0.15) is 9.96 Å². The zero-order valence-corrected chi connectivity index (χ0v) is 15.9. The van der Waals surface area contributed by atoms with Crippen LogP contribution in [0.25, 0.3) is 0 Å². The molecule has 1 aromatic heterocycles. The van der Waals surface area contributed by atoms with E-state index in [2.05, 4.69) is 0 Å². The number of carbonyl (C=O) groups is 1. The number of ketones is 1. The number of piperidine rings is 1. The average Bonchev–Trinajstić information content (AvgIpc) is 3.16. The number of hydrogen-bond acceptors (Lipinski definition) is 5. The molecule has 0 radical (unpaired) electrons. The normalized spacial score (nSPS) is 18.9. The number of aryl methyl sites for hydroxylation is 1. The van der Waals surface area contributed by atoms with Crippen LogP contribution in [-0.4, -0.2) is 38.7 Å². The topological polar surface area (TPSA) is 63.7 Å². The zero-order chi connectivity index (χ0) is 18.0. The van der Waals surface area contributed by atoms with Crippen molar-refractivity contribution in [3.63, 3.8) is 0 Å². The van der Waals surface area contributed by atoms with Gasteiger partial charge in [0.25, 0.3) is 10.0 Å². The highest BCUT2D eigenvalue weighted by atomic mass is 32.2. The molecule has 0 bridgehead atoms. The summed E-state index contributed by atoms with van der Waals surface area (Å²) in [4.78, 5) is 12.9. The molecule has 1 saturated heterocycles. The van der Waals surface area contributed by atoms with Crippen molar-refractivity contribution in [2.75, 3.05) is 20.2 Å². The Labute approximate surface area is 152 Å². The number of Topliss-reactive ketones (excluding diaryl/α,β-unsaturated/α-hetero) is 1. The van der Waals surface area contributed by atoms with Crippen molar-refractivity contribution in [1.29, 1.82) is 0 Å². The number of sulfonamides is 1. The average molecular weight is 380 g/mol. The van der Waals surface area contributed by atoms with Crippen molar-refractivity contribution in [3.05, 3.63) is 46.8 Å². The molecule has 0 N–H and O–H groups in total. The lowest BCUT2D eigenvalue weighted by Gasteiger charge is -2.31. The molecule has 0 spiro atoms.